The predicted molar refractivity (Wildman–Crippen MR) is 65.3 cm³/mol. The topological polar surface area (TPSA) is 55.8 Å². The van der Waals surface area contributed by atoms with Gasteiger partial charge in [-0.25, -0.2) is 9.18 Å². The Morgan fingerprint density at radius 1 is 1.21 bits per heavy atom. The molecule has 3 rings (SSSR count). The summed E-state index contributed by atoms with van der Waals surface area (Å²) >= 11 is 0. The fourth-order valence-corrected chi connectivity index (χ4v) is 3.03. The largest absolute Gasteiger partial charge is 0.469 e. The van der Waals surface area contributed by atoms with Crippen molar-refractivity contribution in [2.24, 2.45) is 5.41 Å². The fraction of sp³-hybridized carbons (Fsp3) is 0.846. The van der Waals surface area contributed by atoms with Crippen LogP contribution in [0.15, 0.2) is 0 Å². The quantitative estimate of drug-likeness (QED) is 0.685. The van der Waals surface area contributed by atoms with Gasteiger partial charge in [0.1, 0.15) is 11.3 Å². The minimum atomic E-state index is -1.48. The van der Waals surface area contributed by atoms with Gasteiger partial charge in [-0.05, 0) is 20.8 Å². The Labute approximate surface area is 112 Å². The van der Waals surface area contributed by atoms with E-state index < -0.39 is 28.7 Å². The van der Waals surface area contributed by atoms with Gasteiger partial charge in [0.15, 0.2) is 0 Å². The number of fused-ring (bicyclic) bond motifs is 2. The van der Waals surface area contributed by atoms with Crippen molar-refractivity contribution in [3.8, 4) is 0 Å². The molecule has 0 N–H and O–H groups in total. The van der Waals surface area contributed by atoms with Crippen LogP contribution in [0.5, 0.6) is 0 Å². The van der Waals surface area contributed by atoms with Crippen LogP contribution in [0.3, 0.4) is 0 Å². The van der Waals surface area contributed by atoms with Crippen molar-refractivity contribution in [1.29, 1.82) is 0 Å². The lowest BCUT2D eigenvalue weighted by atomic mass is 9.57. The molecule has 6 heteroatoms. The molecule has 3 fully saturated rings. The molecule has 2 aliphatic heterocycles. The molecular formula is C13H20FNO4. The molecule has 1 saturated carbocycles. The van der Waals surface area contributed by atoms with Gasteiger partial charge in [0, 0.05) is 19.4 Å². The SMILES string of the molecule is COC(=O)C12CN(C(=O)OC(C)(C)C)CC(F)(C1)C2. The molecular weight excluding hydrogens is 253 g/mol. The van der Waals surface area contributed by atoms with Gasteiger partial charge >= 0.3 is 12.1 Å². The van der Waals surface area contributed by atoms with Crippen molar-refractivity contribution >= 4 is 12.1 Å². The minimum Gasteiger partial charge on any atom is -0.469 e. The van der Waals surface area contributed by atoms with Crippen molar-refractivity contribution in [2.75, 3.05) is 20.2 Å². The number of hydrogen-bond donors (Lipinski definition) is 0. The van der Waals surface area contributed by atoms with E-state index in [1.54, 1.807) is 20.8 Å². The van der Waals surface area contributed by atoms with E-state index in [0.717, 1.165) is 0 Å². The number of hydrogen-bond acceptors (Lipinski definition) is 4. The van der Waals surface area contributed by atoms with E-state index in [2.05, 4.69) is 0 Å². The molecule has 1 aliphatic carbocycles. The standard InChI is InChI=1S/C13H20FNO4/c1-11(2,3)19-10(17)15-7-12(9(16)18-4)5-13(14,6-12)8-15/h5-8H2,1-4H3. The van der Waals surface area contributed by atoms with Gasteiger partial charge in [0.2, 0.25) is 0 Å². The Balaban J connectivity index is 2.09. The summed E-state index contributed by atoms with van der Waals surface area (Å²) < 4.78 is 24.2. The lowest BCUT2D eigenvalue weighted by Crippen LogP contribution is -2.69. The molecule has 1 amide bonds. The average Bonchev–Trinajstić information content (AvgIpc) is 2.23. The van der Waals surface area contributed by atoms with Crippen LogP contribution in [0.1, 0.15) is 33.6 Å². The van der Waals surface area contributed by atoms with Crippen LogP contribution in [0.4, 0.5) is 9.18 Å². The first kappa shape index (κ1) is 14.1. The van der Waals surface area contributed by atoms with E-state index in [1.165, 1.54) is 12.0 Å². The second kappa shape index (κ2) is 4.08. The van der Waals surface area contributed by atoms with Gasteiger partial charge in [-0.3, -0.25) is 4.79 Å². The molecule has 0 atom stereocenters. The normalized spacial score (nSPS) is 33.4. The van der Waals surface area contributed by atoms with Crippen LogP contribution in [0.25, 0.3) is 0 Å². The number of esters is 1. The highest BCUT2D eigenvalue weighted by molar-refractivity contribution is 5.81. The number of halogens is 1. The van der Waals surface area contributed by atoms with Gasteiger partial charge in [0.05, 0.1) is 19.1 Å². The molecule has 0 aromatic heterocycles. The van der Waals surface area contributed by atoms with E-state index in [0.29, 0.717) is 0 Å². The molecule has 2 saturated heterocycles. The van der Waals surface area contributed by atoms with Crippen LogP contribution < -0.4 is 0 Å². The Hall–Kier alpha value is -1.33. The zero-order chi connectivity index (χ0) is 14.5. The molecule has 19 heavy (non-hydrogen) atoms. The predicted octanol–water partition coefficient (Wildman–Crippen LogP) is 1.90. The molecule has 3 aliphatic rings. The Morgan fingerprint density at radius 2 is 1.79 bits per heavy atom. The van der Waals surface area contributed by atoms with E-state index >= 15 is 0 Å². The monoisotopic (exact) mass is 273 g/mol. The first-order valence-corrected chi connectivity index (χ1v) is 6.35. The van der Waals surface area contributed by atoms with Crippen molar-refractivity contribution in [1.82, 2.24) is 4.90 Å². The zero-order valence-electron chi connectivity index (χ0n) is 11.8. The van der Waals surface area contributed by atoms with E-state index in [9.17, 15) is 14.0 Å². The van der Waals surface area contributed by atoms with Crippen LogP contribution in [-0.4, -0.2) is 48.4 Å². The molecule has 0 unspecified atom stereocenters. The van der Waals surface area contributed by atoms with Gasteiger partial charge in [-0.2, -0.15) is 0 Å². The summed E-state index contributed by atoms with van der Waals surface area (Å²) in [5.74, 6) is -0.450. The number of piperidine rings is 2. The highest BCUT2D eigenvalue weighted by Gasteiger charge is 2.66. The van der Waals surface area contributed by atoms with E-state index in [4.69, 9.17) is 9.47 Å². The number of amides is 1. The van der Waals surface area contributed by atoms with Crippen LogP contribution in [0.2, 0.25) is 0 Å². The Morgan fingerprint density at radius 3 is 2.26 bits per heavy atom. The third-order valence-electron chi connectivity index (χ3n) is 3.55. The number of rotatable bonds is 1. The smallest absolute Gasteiger partial charge is 0.410 e. The number of ether oxygens (including phenoxy) is 2. The van der Waals surface area contributed by atoms with E-state index in [-0.39, 0.29) is 25.9 Å². The first-order chi connectivity index (χ1) is 8.59. The molecule has 0 aromatic rings. The number of alkyl halides is 1. The van der Waals surface area contributed by atoms with Gasteiger partial charge in [-0.15, -0.1) is 0 Å². The summed E-state index contributed by atoms with van der Waals surface area (Å²) in [6.07, 6.45) is -0.319. The zero-order valence-corrected chi connectivity index (χ0v) is 11.8. The van der Waals surface area contributed by atoms with Crippen molar-refractivity contribution in [3.63, 3.8) is 0 Å². The maximum absolute atomic E-state index is 14.3. The maximum atomic E-state index is 14.3. The highest BCUT2D eigenvalue weighted by atomic mass is 19.1. The molecule has 0 spiro atoms. The summed E-state index contributed by atoms with van der Waals surface area (Å²) in [7, 11) is 1.28. The number of carbonyl (C=O) groups excluding carboxylic acids is 2. The molecule has 2 heterocycles. The third kappa shape index (κ3) is 2.53. The van der Waals surface area contributed by atoms with Crippen molar-refractivity contribution in [3.05, 3.63) is 0 Å². The third-order valence-corrected chi connectivity index (χ3v) is 3.55. The summed E-state index contributed by atoms with van der Waals surface area (Å²) in [5, 5.41) is 0. The van der Waals surface area contributed by atoms with E-state index in [1.807, 2.05) is 0 Å². The van der Waals surface area contributed by atoms with Gasteiger partial charge in [0.25, 0.3) is 0 Å². The summed E-state index contributed by atoms with van der Waals surface area (Å²) in [5.41, 5.74) is -3.01. The maximum Gasteiger partial charge on any atom is 0.410 e. The summed E-state index contributed by atoms with van der Waals surface area (Å²) in [4.78, 5) is 25.0. The summed E-state index contributed by atoms with van der Waals surface area (Å²) in [6.45, 7) is 5.39. The van der Waals surface area contributed by atoms with Crippen molar-refractivity contribution < 1.29 is 23.5 Å². The highest BCUT2D eigenvalue weighted by Crippen LogP contribution is 2.56. The number of methoxy groups -OCH3 is 1. The first-order valence-electron chi connectivity index (χ1n) is 6.35. The minimum absolute atomic E-state index is 0.0132. The molecule has 0 radical (unpaired) electrons. The van der Waals surface area contributed by atoms with Gasteiger partial charge in [-0.1, -0.05) is 0 Å². The molecule has 108 valence electrons. The van der Waals surface area contributed by atoms with Crippen LogP contribution in [0, 0.1) is 5.41 Å². The second-order valence-electron chi connectivity index (χ2n) is 6.61. The fourth-order valence-electron chi connectivity index (χ4n) is 3.03. The average molecular weight is 273 g/mol. The second-order valence-corrected chi connectivity index (χ2v) is 6.61. The van der Waals surface area contributed by atoms with Crippen LogP contribution >= 0.6 is 0 Å². The lowest BCUT2D eigenvalue weighted by Gasteiger charge is -2.57. The van der Waals surface area contributed by atoms with Crippen molar-refractivity contribution in [2.45, 2.75) is 44.9 Å². The molecule has 0 aromatic carbocycles. The Kier molecular flexibility index (Phi) is 3.03. The molecule has 2 bridgehead atoms. The molecule has 5 nitrogen and oxygen atoms in total. The summed E-state index contributed by atoms with van der Waals surface area (Å²) in [6, 6.07) is 0. The number of carbonyl (C=O) groups is 2. The van der Waals surface area contributed by atoms with Gasteiger partial charge < -0.3 is 14.4 Å². The Bertz CT molecular complexity index is 409. The van der Waals surface area contributed by atoms with Crippen LogP contribution in [-0.2, 0) is 14.3 Å². The lowest BCUT2D eigenvalue weighted by molar-refractivity contribution is -0.190. The number of nitrogens with zero attached hydrogens (tertiary/aromatic N) is 1.